The molecule has 1 fully saturated rings. The first kappa shape index (κ1) is 22.3. The number of ether oxygens (including phenoxy) is 2. The van der Waals surface area contributed by atoms with E-state index in [1.165, 1.54) is 0 Å². The number of rotatable bonds is 8. The Kier molecular flexibility index (Phi) is 7.42. The standard InChI is InChI=1S/C24H27ClN4O3/c1-28-22(7-8-26-28)21-17-20(27-24(30)16-18-3-2-4-19(25)15-18)5-6-23(21)32-14-11-29-9-12-31-13-10-29/h2-8,15,17H,9-14,16H2,1H3,(H,27,30). The van der Waals surface area contributed by atoms with Crippen LogP contribution in [0.3, 0.4) is 0 Å². The predicted octanol–water partition coefficient (Wildman–Crippen LogP) is 3.63. The second-order valence-electron chi connectivity index (χ2n) is 7.71. The highest BCUT2D eigenvalue weighted by molar-refractivity contribution is 6.30. The highest BCUT2D eigenvalue weighted by Gasteiger charge is 2.15. The van der Waals surface area contributed by atoms with Gasteiger partial charge >= 0.3 is 0 Å². The molecule has 0 spiro atoms. The van der Waals surface area contributed by atoms with E-state index in [2.05, 4.69) is 15.3 Å². The van der Waals surface area contributed by atoms with Gasteiger partial charge in [-0.15, -0.1) is 0 Å². The molecule has 0 aliphatic carbocycles. The van der Waals surface area contributed by atoms with Crippen molar-refractivity contribution in [3.05, 3.63) is 65.3 Å². The molecule has 2 aromatic carbocycles. The third kappa shape index (κ3) is 5.88. The molecule has 0 bridgehead atoms. The van der Waals surface area contributed by atoms with Gasteiger partial charge in [0.05, 0.1) is 25.3 Å². The maximum absolute atomic E-state index is 12.6. The summed E-state index contributed by atoms with van der Waals surface area (Å²) >= 11 is 6.03. The van der Waals surface area contributed by atoms with E-state index in [1.807, 2.05) is 43.4 Å². The largest absolute Gasteiger partial charge is 0.492 e. The van der Waals surface area contributed by atoms with Crippen LogP contribution in [0.15, 0.2) is 54.7 Å². The topological polar surface area (TPSA) is 68.6 Å². The summed E-state index contributed by atoms with van der Waals surface area (Å²) in [6.45, 7) is 4.80. The fraction of sp³-hybridized carbons (Fsp3) is 0.333. The van der Waals surface area contributed by atoms with E-state index in [4.69, 9.17) is 21.1 Å². The first-order valence-corrected chi connectivity index (χ1v) is 11.1. The van der Waals surface area contributed by atoms with Gasteiger partial charge in [0, 0.05) is 49.2 Å². The number of benzene rings is 2. The number of nitrogens with zero attached hydrogens (tertiary/aromatic N) is 3. The third-order valence-corrected chi connectivity index (χ3v) is 5.62. The van der Waals surface area contributed by atoms with Crippen molar-refractivity contribution in [2.45, 2.75) is 6.42 Å². The van der Waals surface area contributed by atoms with E-state index in [9.17, 15) is 4.79 Å². The maximum Gasteiger partial charge on any atom is 0.228 e. The van der Waals surface area contributed by atoms with E-state index >= 15 is 0 Å². The maximum atomic E-state index is 12.6. The molecule has 1 amide bonds. The Labute approximate surface area is 192 Å². The molecule has 4 rings (SSSR count). The fourth-order valence-corrected chi connectivity index (χ4v) is 3.93. The monoisotopic (exact) mass is 454 g/mol. The molecule has 3 aromatic rings. The van der Waals surface area contributed by atoms with Crippen molar-refractivity contribution in [1.29, 1.82) is 0 Å². The van der Waals surface area contributed by atoms with Crippen molar-refractivity contribution in [1.82, 2.24) is 14.7 Å². The summed E-state index contributed by atoms with van der Waals surface area (Å²) in [6, 6.07) is 14.9. The lowest BCUT2D eigenvalue weighted by molar-refractivity contribution is -0.115. The van der Waals surface area contributed by atoms with Gasteiger partial charge in [0.15, 0.2) is 0 Å². The summed E-state index contributed by atoms with van der Waals surface area (Å²) in [5.41, 5.74) is 3.36. The number of carbonyl (C=O) groups is 1. The van der Waals surface area contributed by atoms with Gasteiger partial charge in [-0.3, -0.25) is 14.4 Å². The molecule has 0 radical (unpaired) electrons. The number of carbonyl (C=O) groups excluding carboxylic acids is 1. The van der Waals surface area contributed by atoms with Crippen LogP contribution in [0.4, 0.5) is 5.69 Å². The van der Waals surface area contributed by atoms with Crippen LogP contribution in [0.5, 0.6) is 5.75 Å². The van der Waals surface area contributed by atoms with Crippen LogP contribution < -0.4 is 10.1 Å². The van der Waals surface area contributed by atoms with Crippen LogP contribution in [0, 0.1) is 0 Å². The minimum atomic E-state index is -0.107. The number of hydrogen-bond donors (Lipinski definition) is 1. The summed E-state index contributed by atoms with van der Waals surface area (Å²) in [5, 5.41) is 7.88. The molecular formula is C24H27ClN4O3. The first-order valence-electron chi connectivity index (χ1n) is 10.7. The van der Waals surface area contributed by atoms with Crippen molar-refractivity contribution in [2.24, 2.45) is 7.05 Å². The molecule has 168 valence electrons. The zero-order valence-corrected chi connectivity index (χ0v) is 18.8. The Morgan fingerprint density at radius 1 is 1.19 bits per heavy atom. The zero-order valence-electron chi connectivity index (χ0n) is 18.1. The molecule has 0 saturated carbocycles. The van der Waals surface area contributed by atoms with Gasteiger partial charge in [-0.25, -0.2) is 0 Å². The van der Waals surface area contributed by atoms with Crippen LogP contribution in [0.1, 0.15) is 5.56 Å². The zero-order chi connectivity index (χ0) is 22.3. The van der Waals surface area contributed by atoms with E-state index in [0.717, 1.165) is 55.4 Å². The Balaban J connectivity index is 1.46. The van der Waals surface area contributed by atoms with Crippen LogP contribution in [0.25, 0.3) is 11.3 Å². The van der Waals surface area contributed by atoms with Crippen molar-refractivity contribution < 1.29 is 14.3 Å². The van der Waals surface area contributed by atoms with Crippen LogP contribution >= 0.6 is 11.6 Å². The van der Waals surface area contributed by atoms with Crippen LogP contribution in [-0.4, -0.2) is 60.0 Å². The van der Waals surface area contributed by atoms with Gasteiger partial charge in [0.2, 0.25) is 5.91 Å². The van der Waals surface area contributed by atoms with Gasteiger partial charge in [0.1, 0.15) is 12.4 Å². The minimum absolute atomic E-state index is 0.107. The lowest BCUT2D eigenvalue weighted by atomic mass is 10.1. The average molecular weight is 455 g/mol. The summed E-state index contributed by atoms with van der Waals surface area (Å²) in [4.78, 5) is 14.9. The van der Waals surface area contributed by atoms with E-state index in [1.54, 1.807) is 23.0 Å². The molecular weight excluding hydrogens is 428 g/mol. The molecule has 0 atom stereocenters. The predicted molar refractivity (Wildman–Crippen MR) is 125 cm³/mol. The third-order valence-electron chi connectivity index (χ3n) is 5.38. The van der Waals surface area contributed by atoms with Crippen LogP contribution in [-0.2, 0) is 23.0 Å². The van der Waals surface area contributed by atoms with Crippen molar-refractivity contribution in [2.75, 3.05) is 44.8 Å². The Bertz CT molecular complexity index is 1060. The number of anilines is 1. The molecule has 2 heterocycles. The number of amides is 1. The molecule has 1 aromatic heterocycles. The molecule has 1 saturated heterocycles. The van der Waals surface area contributed by atoms with E-state index in [-0.39, 0.29) is 12.3 Å². The number of morpholine rings is 1. The quantitative estimate of drug-likeness (QED) is 0.563. The Morgan fingerprint density at radius 2 is 2.03 bits per heavy atom. The van der Waals surface area contributed by atoms with Crippen molar-refractivity contribution in [3.8, 4) is 17.0 Å². The molecule has 1 aliphatic heterocycles. The highest BCUT2D eigenvalue weighted by Crippen LogP contribution is 2.32. The summed E-state index contributed by atoms with van der Waals surface area (Å²) in [6.07, 6.45) is 2.00. The molecule has 0 unspecified atom stereocenters. The average Bonchev–Trinajstić information content (AvgIpc) is 3.21. The fourth-order valence-electron chi connectivity index (χ4n) is 3.72. The summed E-state index contributed by atoms with van der Waals surface area (Å²) < 4.78 is 13.3. The second kappa shape index (κ2) is 10.6. The Morgan fingerprint density at radius 3 is 2.78 bits per heavy atom. The SMILES string of the molecule is Cn1nccc1-c1cc(NC(=O)Cc2cccc(Cl)c2)ccc1OCCN1CCOCC1. The van der Waals surface area contributed by atoms with Gasteiger partial charge in [0.25, 0.3) is 0 Å². The van der Waals surface area contributed by atoms with E-state index in [0.29, 0.717) is 17.3 Å². The van der Waals surface area contributed by atoms with Crippen molar-refractivity contribution in [3.63, 3.8) is 0 Å². The summed E-state index contributed by atoms with van der Waals surface area (Å²) in [5.74, 6) is 0.652. The molecule has 32 heavy (non-hydrogen) atoms. The highest BCUT2D eigenvalue weighted by atomic mass is 35.5. The number of nitrogens with one attached hydrogen (secondary N) is 1. The van der Waals surface area contributed by atoms with Crippen LogP contribution in [0.2, 0.25) is 5.02 Å². The van der Waals surface area contributed by atoms with Gasteiger partial charge in [-0.1, -0.05) is 23.7 Å². The lowest BCUT2D eigenvalue weighted by Crippen LogP contribution is -2.38. The minimum Gasteiger partial charge on any atom is -0.492 e. The number of hydrogen-bond acceptors (Lipinski definition) is 5. The van der Waals surface area contributed by atoms with Gasteiger partial charge in [-0.2, -0.15) is 5.10 Å². The number of aromatic nitrogens is 2. The Hall–Kier alpha value is -2.87. The van der Waals surface area contributed by atoms with E-state index < -0.39 is 0 Å². The van der Waals surface area contributed by atoms with Gasteiger partial charge < -0.3 is 14.8 Å². The normalized spacial score (nSPS) is 14.3. The van der Waals surface area contributed by atoms with Gasteiger partial charge in [-0.05, 0) is 42.0 Å². The second-order valence-corrected chi connectivity index (χ2v) is 8.14. The number of aryl methyl sites for hydroxylation is 1. The lowest BCUT2D eigenvalue weighted by Gasteiger charge is -2.26. The molecule has 8 heteroatoms. The number of halogens is 1. The summed E-state index contributed by atoms with van der Waals surface area (Å²) in [7, 11) is 1.89. The molecule has 7 nitrogen and oxygen atoms in total. The molecule has 1 aliphatic rings. The molecule has 1 N–H and O–H groups in total. The first-order chi connectivity index (χ1) is 15.6. The van der Waals surface area contributed by atoms with Crippen molar-refractivity contribution >= 4 is 23.2 Å². The smallest absolute Gasteiger partial charge is 0.228 e.